The molecule has 3 aromatic carbocycles. The van der Waals surface area contributed by atoms with Gasteiger partial charge in [-0.15, -0.1) is 0 Å². The number of rotatable bonds is 5. The number of aromatic nitrogens is 6. The van der Waals surface area contributed by atoms with E-state index in [-0.39, 0.29) is 0 Å². The summed E-state index contributed by atoms with van der Waals surface area (Å²) in [5, 5.41) is 5.86. The van der Waals surface area contributed by atoms with Crippen LogP contribution in [0.5, 0.6) is 0 Å². The van der Waals surface area contributed by atoms with Gasteiger partial charge in [0.25, 0.3) is 0 Å². The van der Waals surface area contributed by atoms with E-state index in [9.17, 15) is 0 Å². The Balaban J connectivity index is 1.29. The van der Waals surface area contributed by atoms with Gasteiger partial charge in [0.15, 0.2) is 5.82 Å². The average molecular weight is 553 g/mol. The molecular formula is C37H24N6. The SMILES string of the molecule is c1ccc2c(c1)nn1cccc(-c3nc(-c4ccc(-c5ccncc5)cc4)cc(-c4ccc(-c5ccncc5)cc4)n3)c21. The van der Waals surface area contributed by atoms with Crippen molar-refractivity contribution in [1.29, 1.82) is 0 Å². The summed E-state index contributed by atoms with van der Waals surface area (Å²) < 4.78 is 1.92. The second-order valence-electron chi connectivity index (χ2n) is 10.3. The zero-order valence-corrected chi connectivity index (χ0v) is 23.0. The molecule has 5 heterocycles. The Morgan fingerprint density at radius 1 is 0.465 bits per heavy atom. The molecule has 0 N–H and O–H groups in total. The molecule has 0 saturated heterocycles. The Kier molecular flexibility index (Phi) is 6.01. The van der Waals surface area contributed by atoms with Gasteiger partial charge in [-0.1, -0.05) is 66.7 Å². The molecule has 0 spiro atoms. The zero-order valence-electron chi connectivity index (χ0n) is 23.0. The highest BCUT2D eigenvalue weighted by Crippen LogP contribution is 2.33. The van der Waals surface area contributed by atoms with Gasteiger partial charge in [0.05, 0.1) is 22.4 Å². The Hall–Kier alpha value is -6.01. The van der Waals surface area contributed by atoms with Crippen molar-refractivity contribution in [3.05, 3.63) is 146 Å². The first-order chi connectivity index (χ1) is 21.3. The van der Waals surface area contributed by atoms with Crippen LogP contribution in [0, 0.1) is 0 Å². The molecule has 0 aliphatic rings. The van der Waals surface area contributed by atoms with E-state index in [0.717, 1.165) is 66.8 Å². The highest BCUT2D eigenvalue weighted by Gasteiger charge is 2.16. The van der Waals surface area contributed by atoms with E-state index in [1.54, 1.807) is 0 Å². The van der Waals surface area contributed by atoms with Crippen LogP contribution >= 0.6 is 0 Å². The summed E-state index contributed by atoms with van der Waals surface area (Å²) in [4.78, 5) is 18.6. The molecule has 0 unspecified atom stereocenters. The van der Waals surface area contributed by atoms with Crippen LogP contribution in [0.1, 0.15) is 0 Å². The largest absolute Gasteiger partial charge is 0.265 e. The fourth-order valence-corrected chi connectivity index (χ4v) is 5.53. The average Bonchev–Trinajstić information content (AvgIpc) is 3.48. The molecular weight excluding hydrogens is 528 g/mol. The highest BCUT2D eigenvalue weighted by molar-refractivity contribution is 6.01. The van der Waals surface area contributed by atoms with Gasteiger partial charge >= 0.3 is 0 Å². The molecule has 6 heteroatoms. The van der Waals surface area contributed by atoms with Crippen LogP contribution in [0.15, 0.2) is 146 Å². The fourth-order valence-electron chi connectivity index (χ4n) is 5.53. The van der Waals surface area contributed by atoms with Crippen LogP contribution in [-0.4, -0.2) is 29.5 Å². The molecule has 0 saturated carbocycles. The summed E-state index contributed by atoms with van der Waals surface area (Å²) in [5.41, 5.74) is 11.1. The number of fused-ring (bicyclic) bond motifs is 3. The van der Waals surface area contributed by atoms with Crippen LogP contribution < -0.4 is 0 Å². The molecule has 0 atom stereocenters. The molecule has 202 valence electrons. The van der Waals surface area contributed by atoms with Crippen LogP contribution in [0.4, 0.5) is 0 Å². The lowest BCUT2D eigenvalue weighted by atomic mass is 10.0. The lowest BCUT2D eigenvalue weighted by Gasteiger charge is -2.11. The minimum atomic E-state index is 0.653. The van der Waals surface area contributed by atoms with E-state index in [0.29, 0.717) is 5.82 Å². The Labute approximate surface area is 248 Å². The molecule has 5 aromatic heterocycles. The minimum Gasteiger partial charge on any atom is -0.265 e. The van der Waals surface area contributed by atoms with Crippen molar-refractivity contribution in [3.63, 3.8) is 0 Å². The Morgan fingerprint density at radius 2 is 0.977 bits per heavy atom. The number of pyridine rings is 3. The molecule has 8 aromatic rings. The van der Waals surface area contributed by atoms with Crippen LogP contribution in [0.25, 0.3) is 72.6 Å². The smallest absolute Gasteiger partial charge is 0.162 e. The van der Waals surface area contributed by atoms with Gasteiger partial charge in [-0.3, -0.25) is 9.97 Å². The fraction of sp³-hybridized carbons (Fsp3) is 0. The summed E-state index contributed by atoms with van der Waals surface area (Å²) in [7, 11) is 0. The summed E-state index contributed by atoms with van der Waals surface area (Å²) in [6.45, 7) is 0. The molecule has 0 aliphatic heterocycles. The number of nitrogens with zero attached hydrogens (tertiary/aromatic N) is 6. The van der Waals surface area contributed by atoms with Gasteiger partial charge in [0.1, 0.15) is 0 Å². The van der Waals surface area contributed by atoms with Gasteiger partial charge in [0, 0.05) is 53.1 Å². The quantitative estimate of drug-likeness (QED) is 0.214. The maximum absolute atomic E-state index is 5.13. The molecule has 43 heavy (non-hydrogen) atoms. The number of benzene rings is 3. The van der Waals surface area contributed by atoms with Gasteiger partial charge < -0.3 is 0 Å². The van der Waals surface area contributed by atoms with Gasteiger partial charge in [-0.2, -0.15) is 5.10 Å². The van der Waals surface area contributed by atoms with E-state index < -0.39 is 0 Å². The zero-order chi connectivity index (χ0) is 28.6. The van der Waals surface area contributed by atoms with Crippen molar-refractivity contribution in [1.82, 2.24) is 29.5 Å². The summed E-state index contributed by atoms with van der Waals surface area (Å²) in [6, 6.07) is 39.4. The van der Waals surface area contributed by atoms with Crippen molar-refractivity contribution in [3.8, 4) is 56.2 Å². The van der Waals surface area contributed by atoms with Crippen molar-refractivity contribution >= 4 is 16.4 Å². The third-order valence-electron chi connectivity index (χ3n) is 7.70. The summed E-state index contributed by atoms with van der Waals surface area (Å²) in [6.07, 6.45) is 9.22. The minimum absolute atomic E-state index is 0.653. The van der Waals surface area contributed by atoms with Crippen LogP contribution in [0.3, 0.4) is 0 Å². The number of hydrogen-bond donors (Lipinski definition) is 0. The summed E-state index contributed by atoms with van der Waals surface area (Å²) >= 11 is 0. The standard InChI is InChI=1S/C37H24N6/c1-2-6-33-31(4-1)36-32(5-3-23-43(36)42-33)37-40-34(29-11-7-25(8-12-29)27-15-19-38-20-16-27)24-35(41-37)30-13-9-26(10-14-30)28-17-21-39-22-18-28/h1-24H. The predicted molar refractivity (Wildman–Crippen MR) is 171 cm³/mol. The summed E-state index contributed by atoms with van der Waals surface area (Å²) in [5.74, 6) is 0.653. The first-order valence-electron chi connectivity index (χ1n) is 14.1. The van der Waals surface area contributed by atoms with Gasteiger partial charge in [0.2, 0.25) is 0 Å². The highest BCUT2D eigenvalue weighted by atomic mass is 15.2. The first kappa shape index (κ1) is 24.8. The van der Waals surface area contributed by atoms with Crippen LogP contribution in [-0.2, 0) is 0 Å². The molecule has 0 radical (unpaired) electrons. The molecule has 8 rings (SSSR count). The topological polar surface area (TPSA) is 68.9 Å². The Morgan fingerprint density at radius 3 is 1.56 bits per heavy atom. The van der Waals surface area contributed by atoms with Gasteiger partial charge in [-0.05, 0) is 70.8 Å². The monoisotopic (exact) mass is 552 g/mol. The second kappa shape index (κ2) is 10.4. The van der Waals surface area contributed by atoms with Crippen molar-refractivity contribution in [2.45, 2.75) is 0 Å². The molecule has 0 aliphatic carbocycles. The van der Waals surface area contributed by atoms with Crippen molar-refractivity contribution in [2.75, 3.05) is 0 Å². The van der Waals surface area contributed by atoms with Crippen molar-refractivity contribution < 1.29 is 0 Å². The Bertz CT molecular complexity index is 2100. The molecule has 0 bridgehead atoms. The maximum atomic E-state index is 5.13. The van der Waals surface area contributed by atoms with Gasteiger partial charge in [-0.25, -0.2) is 14.5 Å². The lowest BCUT2D eigenvalue weighted by molar-refractivity contribution is 0.980. The predicted octanol–water partition coefficient (Wildman–Crippen LogP) is 8.40. The van der Waals surface area contributed by atoms with E-state index in [1.807, 2.05) is 84.0 Å². The van der Waals surface area contributed by atoms with E-state index in [1.165, 1.54) is 0 Å². The normalized spacial score (nSPS) is 11.3. The third kappa shape index (κ3) is 4.61. The maximum Gasteiger partial charge on any atom is 0.162 e. The van der Waals surface area contributed by atoms with E-state index in [4.69, 9.17) is 15.1 Å². The van der Waals surface area contributed by atoms with Crippen molar-refractivity contribution in [2.24, 2.45) is 0 Å². The van der Waals surface area contributed by atoms with E-state index in [2.05, 4.69) is 76.7 Å². The second-order valence-corrected chi connectivity index (χ2v) is 10.3. The first-order valence-corrected chi connectivity index (χ1v) is 14.1. The van der Waals surface area contributed by atoms with Crippen LogP contribution in [0.2, 0.25) is 0 Å². The van der Waals surface area contributed by atoms with E-state index >= 15 is 0 Å². The molecule has 0 fully saturated rings. The third-order valence-corrected chi connectivity index (χ3v) is 7.70. The lowest BCUT2D eigenvalue weighted by Crippen LogP contribution is -1.98. The molecule has 6 nitrogen and oxygen atoms in total. The number of hydrogen-bond acceptors (Lipinski definition) is 5. The molecule has 0 amide bonds.